The lowest BCUT2D eigenvalue weighted by Gasteiger charge is -2.15. The first-order chi connectivity index (χ1) is 9.07. The molecule has 6 heteroatoms. The summed E-state index contributed by atoms with van der Waals surface area (Å²) in [6.07, 6.45) is 0. The molecule has 1 rings (SSSR count). The van der Waals surface area contributed by atoms with E-state index in [0.29, 0.717) is 28.7 Å². The van der Waals surface area contributed by atoms with Crippen LogP contribution in [0.5, 0.6) is 17.2 Å². The number of alkyl halides is 1. The predicted molar refractivity (Wildman–Crippen MR) is 73.7 cm³/mol. The first-order valence-electron chi connectivity index (χ1n) is 5.74. The molecule has 0 heterocycles. The van der Waals surface area contributed by atoms with Gasteiger partial charge in [-0.3, -0.25) is 4.79 Å². The summed E-state index contributed by atoms with van der Waals surface area (Å²) < 4.78 is 15.6. The molecule has 1 aromatic carbocycles. The molecule has 5 nitrogen and oxygen atoms in total. The Labute approximate surface area is 117 Å². The summed E-state index contributed by atoms with van der Waals surface area (Å²) in [7, 11) is 4.51. The highest BCUT2D eigenvalue weighted by Crippen LogP contribution is 2.38. The highest BCUT2D eigenvalue weighted by Gasteiger charge is 2.17. The summed E-state index contributed by atoms with van der Waals surface area (Å²) >= 11 is 5.66. The van der Waals surface area contributed by atoms with Crippen LogP contribution in [0.25, 0.3) is 0 Å². The molecule has 0 saturated heterocycles. The smallest absolute Gasteiger partial charge is 0.251 e. The van der Waals surface area contributed by atoms with E-state index in [0.717, 1.165) is 0 Å². The van der Waals surface area contributed by atoms with Crippen LogP contribution in [0, 0.1) is 0 Å². The van der Waals surface area contributed by atoms with Crippen LogP contribution >= 0.6 is 11.6 Å². The van der Waals surface area contributed by atoms with Gasteiger partial charge in [-0.2, -0.15) is 0 Å². The summed E-state index contributed by atoms with van der Waals surface area (Å²) in [6, 6.07) is 3.07. The van der Waals surface area contributed by atoms with Crippen molar-refractivity contribution in [3.63, 3.8) is 0 Å². The van der Waals surface area contributed by atoms with Gasteiger partial charge in [-0.15, -0.1) is 11.6 Å². The van der Waals surface area contributed by atoms with E-state index in [9.17, 15) is 4.79 Å². The van der Waals surface area contributed by atoms with Crippen LogP contribution in [-0.4, -0.2) is 39.2 Å². The van der Waals surface area contributed by atoms with E-state index < -0.39 is 0 Å². The molecule has 1 aromatic rings. The molecule has 1 amide bonds. The maximum absolute atomic E-state index is 12.0. The van der Waals surface area contributed by atoms with Crippen molar-refractivity contribution in [1.82, 2.24) is 5.32 Å². The molecule has 0 fully saturated rings. The number of benzene rings is 1. The van der Waals surface area contributed by atoms with Gasteiger partial charge in [0.05, 0.1) is 21.3 Å². The van der Waals surface area contributed by atoms with Crippen molar-refractivity contribution in [2.75, 3.05) is 27.2 Å². The van der Waals surface area contributed by atoms with E-state index >= 15 is 0 Å². The fourth-order valence-corrected chi connectivity index (χ4v) is 1.64. The van der Waals surface area contributed by atoms with Gasteiger partial charge in [-0.1, -0.05) is 0 Å². The summed E-state index contributed by atoms with van der Waals surface area (Å²) in [6.45, 7) is 1.82. The summed E-state index contributed by atoms with van der Waals surface area (Å²) in [5, 5.41) is 2.76. The van der Waals surface area contributed by atoms with Crippen LogP contribution in [0.15, 0.2) is 12.1 Å². The van der Waals surface area contributed by atoms with E-state index in [4.69, 9.17) is 25.8 Å². The van der Waals surface area contributed by atoms with Crippen LogP contribution in [0.4, 0.5) is 0 Å². The molecule has 1 unspecified atom stereocenters. The third-order valence-electron chi connectivity index (χ3n) is 2.54. The molecule has 19 heavy (non-hydrogen) atoms. The molecule has 0 saturated carbocycles. The maximum atomic E-state index is 12.0. The minimum atomic E-state index is -0.243. The van der Waals surface area contributed by atoms with Crippen molar-refractivity contribution in [2.24, 2.45) is 0 Å². The Kier molecular flexibility index (Phi) is 5.76. The molecule has 0 aliphatic rings. The van der Waals surface area contributed by atoms with Crippen molar-refractivity contribution >= 4 is 17.5 Å². The average molecular weight is 288 g/mol. The Hall–Kier alpha value is -1.62. The number of carbonyl (C=O) groups excluding carboxylic acids is 1. The van der Waals surface area contributed by atoms with E-state index in [2.05, 4.69) is 5.32 Å². The second-order valence-corrected chi connectivity index (χ2v) is 4.25. The third kappa shape index (κ3) is 3.67. The van der Waals surface area contributed by atoms with Gasteiger partial charge < -0.3 is 19.5 Å². The number of halogens is 1. The second-order valence-electron chi connectivity index (χ2n) is 3.94. The first-order valence-corrected chi connectivity index (χ1v) is 6.27. The Balaban J connectivity index is 3.12. The molecule has 1 atom stereocenters. The third-order valence-corrected chi connectivity index (χ3v) is 3.00. The normalized spacial score (nSPS) is 11.6. The molecule has 106 valence electrons. The van der Waals surface area contributed by atoms with Crippen LogP contribution in [0.2, 0.25) is 0 Å². The monoisotopic (exact) mass is 287 g/mol. The topological polar surface area (TPSA) is 56.8 Å². The Morgan fingerprint density at radius 1 is 1.21 bits per heavy atom. The Morgan fingerprint density at radius 3 is 2.11 bits per heavy atom. The number of hydrogen-bond donors (Lipinski definition) is 1. The van der Waals surface area contributed by atoms with E-state index in [1.54, 1.807) is 12.1 Å². The van der Waals surface area contributed by atoms with Crippen molar-refractivity contribution in [3.05, 3.63) is 17.7 Å². The van der Waals surface area contributed by atoms with Crippen LogP contribution in [-0.2, 0) is 0 Å². The fraction of sp³-hybridized carbons (Fsp3) is 0.462. The minimum absolute atomic E-state index is 0.117. The zero-order chi connectivity index (χ0) is 14.4. The molecule has 0 aromatic heterocycles. The quantitative estimate of drug-likeness (QED) is 0.814. The van der Waals surface area contributed by atoms with Crippen molar-refractivity contribution < 1.29 is 19.0 Å². The number of hydrogen-bond acceptors (Lipinski definition) is 4. The standard InChI is InChI=1S/C13H18ClNO4/c1-8(7-14)15-13(16)9-5-10(17-2)12(19-4)11(6-9)18-3/h5-6,8H,7H2,1-4H3,(H,15,16). The van der Waals surface area contributed by atoms with E-state index in [1.165, 1.54) is 21.3 Å². The Morgan fingerprint density at radius 2 is 1.74 bits per heavy atom. The molecular weight excluding hydrogens is 270 g/mol. The molecule has 0 bridgehead atoms. The van der Waals surface area contributed by atoms with Crippen LogP contribution < -0.4 is 19.5 Å². The van der Waals surface area contributed by atoms with Gasteiger partial charge in [-0.25, -0.2) is 0 Å². The van der Waals surface area contributed by atoms with Gasteiger partial charge >= 0.3 is 0 Å². The first kappa shape index (κ1) is 15.4. The summed E-state index contributed by atoms with van der Waals surface area (Å²) in [5.74, 6) is 1.42. The maximum Gasteiger partial charge on any atom is 0.251 e. The molecule has 0 spiro atoms. The highest BCUT2D eigenvalue weighted by molar-refractivity contribution is 6.18. The van der Waals surface area contributed by atoms with Gasteiger partial charge in [0.2, 0.25) is 5.75 Å². The number of amides is 1. The lowest BCUT2D eigenvalue weighted by Crippen LogP contribution is -2.33. The number of nitrogens with one attached hydrogen (secondary N) is 1. The molecule has 0 aliphatic carbocycles. The lowest BCUT2D eigenvalue weighted by atomic mass is 10.1. The molecular formula is C13H18ClNO4. The van der Waals surface area contributed by atoms with Gasteiger partial charge in [-0.05, 0) is 19.1 Å². The summed E-state index contributed by atoms with van der Waals surface area (Å²) in [4.78, 5) is 12.0. The van der Waals surface area contributed by atoms with Crippen molar-refractivity contribution in [2.45, 2.75) is 13.0 Å². The van der Waals surface area contributed by atoms with Crippen LogP contribution in [0.3, 0.4) is 0 Å². The molecule has 1 N–H and O–H groups in total. The SMILES string of the molecule is COc1cc(C(=O)NC(C)CCl)cc(OC)c1OC. The van der Waals surface area contributed by atoms with E-state index in [1.807, 2.05) is 6.92 Å². The molecule has 0 radical (unpaired) electrons. The number of rotatable bonds is 6. The second kappa shape index (κ2) is 7.09. The van der Waals surface area contributed by atoms with Gasteiger partial charge in [0, 0.05) is 17.5 Å². The number of carbonyl (C=O) groups is 1. The Bertz CT molecular complexity index is 425. The highest BCUT2D eigenvalue weighted by atomic mass is 35.5. The zero-order valence-corrected chi connectivity index (χ0v) is 12.2. The van der Waals surface area contributed by atoms with Crippen molar-refractivity contribution in [3.8, 4) is 17.2 Å². The fourth-order valence-electron chi connectivity index (χ4n) is 1.56. The van der Waals surface area contributed by atoms with Crippen LogP contribution in [0.1, 0.15) is 17.3 Å². The van der Waals surface area contributed by atoms with Gasteiger partial charge in [0.25, 0.3) is 5.91 Å². The summed E-state index contributed by atoms with van der Waals surface area (Å²) in [5.41, 5.74) is 0.423. The van der Waals surface area contributed by atoms with E-state index in [-0.39, 0.29) is 11.9 Å². The average Bonchev–Trinajstić information content (AvgIpc) is 2.44. The number of methoxy groups -OCH3 is 3. The van der Waals surface area contributed by atoms with Gasteiger partial charge in [0.1, 0.15) is 0 Å². The number of ether oxygens (including phenoxy) is 3. The minimum Gasteiger partial charge on any atom is -0.493 e. The largest absolute Gasteiger partial charge is 0.493 e. The predicted octanol–water partition coefficient (Wildman–Crippen LogP) is 2.07. The van der Waals surface area contributed by atoms with Gasteiger partial charge in [0.15, 0.2) is 11.5 Å². The molecule has 0 aliphatic heterocycles. The van der Waals surface area contributed by atoms with Crippen molar-refractivity contribution in [1.29, 1.82) is 0 Å². The lowest BCUT2D eigenvalue weighted by molar-refractivity contribution is 0.0942. The zero-order valence-electron chi connectivity index (χ0n) is 11.5.